The molecule has 0 aliphatic heterocycles. The maximum atomic E-state index is 11.6. The molecular formula is C12H9BrN2O2. The summed E-state index contributed by atoms with van der Waals surface area (Å²) in [4.78, 5) is 15.5. The highest BCUT2D eigenvalue weighted by Gasteiger charge is 2.02. The predicted octanol–water partition coefficient (Wildman–Crippen LogP) is 2.84. The van der Waals surface area contributed by atoms with E-state index in [-0.39, 0.29) is 5.91 Å². The molecule has 0 saturated heterocycles. The Balaban J connectivity index is 1.95. The van der Waals surface area contributed by atoms with Crippen LogP contribution in [-0.2, 0) is 0 Å². The van der Waals surface area contributed by atoms with Crippen molar-refractivity contribution in [2.45, 2.75) is 0 Å². The van der Waals surface area contributed by atoms with Gasteiger partial charge in [-0.3, -0.25) is 9.78 Å². The standard InChI is InChI=1S/C12H9BrN2O2/c13-11-5-4-9(17-11)6-8-15-12(16)10-3-1-2-7-14-10/h1-8H,(H,15,16). The zero-order valence-corrected chi connectivity index (χ0v) is 10.3. The fraction of sp³-hybridized carbons (Fsp3) is 0. The molecule has 0 saturated carbocycles. The summed E-state index contributed by atoms with van der Waals surface area (Å²) in [6.45, 7) is 0. The smallest absolute Gasteiger partial charge is 0.273 e. The average Bonchev–Trinajstić information content (AvgIpc) is 2.76. The number of carbonyl (C=O) groups is 1. The molecule has 0 radical (unpaired) electrons. The van der Waals surface area contributed by atoms with E-state index < -0.39 is 0 Å². The molecule has 0 aromatic carbocycles. The largest absolute Gasteiger partial charge is 0.450 e. The lowest BCUT2D eigenvalue weighted by molar-refractivity contribution is 0.0965. The van der Waals surface area contributed by atoms with Gasteiger partial charge in [0.2, 0.25) is 0 Å². The minimum atomic E-state index is -0.257. The number of nitrogens with one attached hydrogen (secondary N) is 1. The van der Waals surface area contributed by atoms with Crippen LogP contribution >= 0.6 is 15.9 Å². The number of rotatable bonds is 3. The Morgan fingerprint density at radius 3 is 2.88 bits per heavy atom. The molecule has 86 valence electrons. The first-order valence-corrected chi connectivity index (χ1v) is 5.69. The fourth-order valence-electron chi connectivity index (χ4n) is 1.19. The van der Waals surface area contributed by atoms with Gasteiger partial charge < -0.3 is 9.73 Å². The highest BCUT2D eigenvalue weighted by Crippen LogP contribution is 2.14. The van der Waals surface area contributed by atoms with Crippen LogP contribution in [0.3, 0.4) is 0 Å². The second-order valence-electron chi connectivity index (χ2n) is 3.16. The van der Waals surface area contributed by atoms with E-state index in [1.165, 1.54) is 6.20 Å². The summed E-state index contributed by atoms with van der Waals surface area (Å²) in [6, 6.07) is 8.72. The van der Waals surface area contributed by atoms with Crippen molar-refractivity contribution in [3.8, 4) is 0 Å². The van der Waals surface area contributed by atoms with E-state index in [1.807, 2.05) is 0 Å². The summed E-state index contributed by atoms with van der Waals surface area (Å²) < 4.78 is 5.88. The van der Waals surface area contributed by atoms with Gasteiger partial charge in [-0.15, -0.1) is 0 Å². The van der Waals surface area contributed by atoms with Gasteiger partial charge in [0.05, 0.1) is 0 Å². The van der Waals surface area contributed by atoms with E-state index in [0.29, 0.717) is 16.1 Å². The molecule has 0 atom stereocenters. The van der Waals surface area contributed by atoms with Crippen molar-refractivity contribution in [3.63, 3.8) is 0 Å². The number of carbonyl (C=O) groups excluding carboxylic acids is 1. The molecule has 0 unspecified atom stereocenters. The number of halogens is 1. The molecule has 2 rings (SSSR count). The second-order valence-corrected chi connectivity index (χ2v) is 3.95. The highest BCUT2D eigenvalue weighted by atomic mass is 79.9. The molecule has 2 aromatic heterocycles. The third kappa shape index (κ3) is 3.29. The molecule has 0 aliphatic carbocycles. The first-order valence-electron chi connectivity index (χ1n) is 4.89. The van der Waals surface area contributed by atoms with E-state index in [4.69, 9.17) is 4.42 Å². The lowest BCUT2D eigenvalue weighted by Crippen LogP contribution is -2.17. The van der Waals surface area contributed by atoms with Crippen molar-refractivity contribution in [3.05, 3.63) is 58.9 Å². The minimum absolute atomic E-state index is 0.257. The van der Waals surface area contributed by atoms with Crippen molar-refractivity contribution in [1.29, 1.82) is 0 Å². The molecule has 2 aromatic rings. The van der Waals surface area contributed by atoms with Gasteiger partial charge in [-0.25, -0.2) is 0 Å². The zero-order valence-electron chi connectivity index (χ0n) is 8.76. The molecule has 17 heavy (non-hydrogen) atoms. The highest BCUT2D eigenvalue weighted by molar-refractivity contribution is 9.10. The van der Waals surface area contributed by atoms with Crippen molar-refractivity contribution in [2.24, 2.45) is 0 Å². The number of hydrogen-bond acceptors (Lipinski definition) is 3. The molecule has 4 nitrogen and oxygen atoms in total. The van der Waals surface area contributed by atoms with Crippen LogP contribution in [0.1, 0.15) is 16.2 Å². The van der Waals surface area contributed by atoms with Crippen molar-refractivity contribution >= 4 is 27.9 Å². The molecule has 0 fully saturated rings. The third-order valence-corrected chi connectivity index (χ3v) is 2.38. The van der Waals surface area contributed by atoms with Gasteiger partial charge in [-0.05, 0) is 46.3 Å². The van der Waals surface area contributed by atoms with Gasteiger partial charge >= 0.3 is 0 Å². The van der Waals surface area contributed by atoms with Crippen LogP contribution in [0.25, 0.3) is 6.08 Å². The Morgan fingerprint density at radius 2 is 2.24 bits per heavy atom. The van der Waals surface area contributed by atoms with Gasteiger partial charge in [-0.2, -0.15) is 0 Å². The summed E-state index contributed by atoms with van der Waals surface area (Å²) >= 11 is 3.19. The summed E-state index contributed by atoms with van der Waals surface area (Å²) in [7, 11) is 0. The normalized spacial score (nSPS) is 10.6. The zero-order chi connectivity index (χ0) is 12.1. The Morgan fingerprint density at radius 1 is 1.35 bits per heavy atom. The molecule has 0 spiro atoms. The van der Waals surface area contributed by atoms with E-state index in [1.54, 1.807) is 42.6 Å². The minimum Gasteiger partial charge on any atom is -0.450 e. The fourth-order valence-corrected chi connectivity index (χ4v) is 1.51. The second kappa shape index (κ2) is 5.45. The SMILES string of the molecule is O=C(NC=Cc1ccc(Br)o1)c1ccccn1. The summed E-state index contributed by atoms with van der Waals surface area (Å²) in [6.07, 6.45) is 4.75. The molecule has 2 heterocycles. The summed E-state index contributed by atoms with van der Waals surface area (Å²) in [5.74, 6) is 0.394. The number of hydrogen-bond donors (Lipinski definition) is 1. The van der Waals surface area contributed by atoms with Crippen LogP contribution in [0.15, 0.2) is 51.8 Å². The van der Waals surface area contributed by atoms with Crippen molar-refractivity contribution in [1.82, 2.24) is 10.3 Å². The van der Waals surface area contributed by atoms with Gasteiger partial charge in [0.15, 0.2) is 4.67 Å². The Bertz CT molecular complexity index is 534. The number of pyridine rings is 1. The average molecular weight is 293 g/mol. The summed E-state index contributed by atoms with van der Waals surface area (Å²) in [5.41, 5.74) is 0.373. The number of amides is 1. The molecular weight excluding hydrogens is 284 g/mol. The number of furan rings is 1. The Hall–Kier alpha value is -1.88. The molecule has 1 N–H and O–H groups in total. The van der Waals surface area contributed by atoms with Gasteiger partial charge in [0.25, 0.3) is 5.91 Å². The quantitative estimate of drug-likeness (QED) is 0.946. The molecule has 0 aliphatic rings. The lowest BCUT2D eigenvalue weighted by atomic mass is 10.3. The number of aromatic nitrogens is 1. The van der Waals surface area contributed by atoms with E-state index in [0.717, 1.165) is 0 Å². The van der Waals surface area contributed by atoms with E-state index in [9.17, 15) is 4.79 Å². The van der Waals surface area contributed by atoms with Gasteiger partial charge in [0, 0.05) is 12.4 Å². The first kappa shape index (κ1) is 11.6. The van der Waals surface area contributed by atoms with Gasteiger partial charge in [-0.1, -0.05) is 6.07 Å². The van der Waals surface area contributed by atoms with Crippen molar-refractivity contribution < 1.29 is 9.21 Å². The summed E-state index contributed by atoms with van der Waals surface area (Å²) in [5, 5.41) is 2.60. The Labute approximate surface area is 106 Å². The lowest BCUT2D eigenvalue weighted by Gasteiger charge is -1.97. The maximum Gasteiger partial charge on any atom is 0.273 e. The topological polar surface area (TPSA) is 55.1 Å². The molecule has 1 amide bonds. The van der Waals surface area contributed by atoms with Crippen LogP contribution in [0.2, 0.25) is 0 Å². The van der Waals surface area contributed by atoms with E-state index in [2.05, 4.69) is 26.2 Å². The number of nitrogens with zero attached hydrogens (tertiary/aromatic N) is 1. The molecule has 0 bridgehead atoms. The first-order chi connectivity index (χ1) is 8.25. The van der Waals surface area contributed by atoms with Crippen LogP contribution in [-0.4, -0.2) is 10.9 Å². The predicted molar refractivity (Wildman–Crippen MR) is 67.1 cm³/mol. The van der Waals surface area contributed by atoms with Gasteiger partial charge in [0.1, 0.15) is 11.5 Å². The van der Waals surface area contributed by atoms with Crippen LogP contribution in [0, 0.1) is 0 Å². The maximum absolute atomic E-state index is 11.6. The van der Waals surface area contributed by atoms with Crippen LogP contribution < -0.4 is 5.32 Å². The van der Waals surface area contributed by atoms with Crippen molar-refractivity contribution in [2.75, 3.05) is 0 Å². The Kier molecular flexibility index (Phi) is 3.72. The van der Waals surface area contributed by atoms with Crippen LogP contribution in [0.5, 0.6) is 0 Å². The van der Waals surface area contributed by atoms with E-state index >= 15 is 0 Å². The monoisotopic (exact) mass is 292 g/mol. The van der Waals surface area contributed by atoms with Crippen LogP contribution in [0.4, 0.5) is 0 Å². The molecule has 5 heteroatoms. The third-order valence-electron chi connectivity index (χ3n) is 1.95.